The van der Waals surface area contributed by atoms with Crippen molar-refractivity contribution in [2.24, 2.45) is 0 Å². The van der Waals surface area contributed by atoms with Crippen LogP contribution in [0.25, 0.3) is 6.08 Å². The Morgan fingerprint density at radius 1 is 0.914 bits per heavy atom. The van der Waals surface area contributed by atoms with Crippen LogP contribution in [0.15, 0.2) is 59.5 Å². The van der Waals surface area contributed by atoms with Gasteiger partial charge in [0, 0.05) is 26.2 Å². The second-order valence-corrected chi connectivity index (χ2v) is 10.0. The highest BCUT2D eigenvalue weighted by molar-refractivity contribution is 8.18. The van der Waals surface area contributed by atoms with Crippen molar-refractivity contribution >= 4 is 75.4 Å². The molecular formula is C25H17Cl4NO4S. The van der Waals surface area contributed by atoms with Gasteiger partial charge in [-0.2, -0.15) is 0 Å². The molecule has 0 saturated carbocycles. The lowest BCUT2D eigenvalue weighted by Gasteiger charge is -2.15. The van der Waals surface area contributed by atoms with E-state index in [0.29, 0.717) is 37.7 Å². The second-order valence-electron chi connectivity index (χ2n) is 7.38. The number of hydrogen-bond donors (Lipinski definition) is 0. The predicted molar refractivity (Wildman–Crippen MR) is 142 cm³/mol. The van der Waals surface area contributed by atoms with Gasteiger partial charge in [-0.15, -0.1) is 0 Å². The predicted octanol–water partition coefficient (Wildman–Crippen LogP) is 8.12. The van der Waals surface area contributed by atoms with Crippen molar-refractivity contribution in [3.8, 4) is 11.5 Å². The van der Waals surface area contributed by atoms with Crippen molar-refractivity contribution in [2.75, 3.05) is 7.11 Å². The van der Waals surface area contributed by atoms with Crippen molar-refractivity contribution in [3.63, 3.8) is 0 Å². The topological polar surface area (TPSA) is 55.8 Å². The highest BCUT2D eigenvalue weighted by Gasteiger charge is 2.35. The lowest BCUT2D eigenvalue weighted by molar-refractivity contribution is -0.123. The van der Waals surface area contributed by atoms with E-state index in [1.807, 2.05) is 18.2 Å². The zero-order valence-electron chi connectivity index (χ0n) is 18.2. The summed E-state index contributed by atoms with van der Waals surface area (Å²) in [4.78, 5) is 26.9. The van der Waals surface area contributed by atoms with Crippen LogP contribution in [0, 0.1) is 0 Å². The summed E-state index contributed by atoms with van der Waals surface area (Å²) in [5.74, 6) is 0.260. The number of hydrogen-bond acceptors (Lipinski definition) is 5. The van der Waals surface area contributed by atoms with Crippen LogP contribution >= 0.6 is 58.2 Å². The van der Waals surface area contributed by atoms with E-state index >= 15 is 0 Å². The van der Waals surface area contributed by atoms with Crippen LogP contribution in [0.4, 0.5) is 4.79 Å². The molecule has 3 aromatic rings. The number of rotatable bonds is 7. The second kappa shape index (κ2) is 11.1. The number of carbonyl (C=O) groups excluding carboxylic acids is 2. The Morgan fingerprint density at radius 2 is 1.60 bits per heavy atom. The fraction of sp³-hybridized carbons (Fsp3) is 0.120. The largest absolute Gasteiger partial charge is 0.493 e. The third-order valence-electron chi connectivity index (χ3n) is 5.13. The molecule has 0 bridgehead atoms. The Hall–Kier alpha value is -2.35. The fourth-order valence-electron chi connectivity index (χ4n) is 3.36. The van der Waals surface area contributed by atoms with Crippen molar-refractivity contribution in [2.45, 2.75) is 13.2 Å². The summed E-state index contributed by atoms with van der Waals surface area (Å²) in [5, 5.41) is 1.20. The molecule has 5 nitrogen and oxygen atoms in total. The van der Waals surface area contributed by atoms with Crippen LogP contribution in [0.2, 0.25) is 20.1 Å². The summed E-state index contributed by atoms with van der Waals surface area (Å²) >= 11 is 25.9. The van der Waals surface area contributed by atoms with E-state index in [4.69, 9.17) is 55.9 Å². The average Bonchev–Trinajstić information content (AvgIpc) is 3.08. The smallest absolute Gasteiger partial charge is 0.293 e. The molecule has 180 valence electrons. The van der Waals surface area contributed by atoms with Gasteiger partial charge in [-0.1, -0.05) is 70.7 Å². The van der Waals surface area contributed by atoms with E-state index in [2.05, 4.69) is 0 Å². The molecule has 1 saturated heterocycles. The number of nitrogens with zero attached hydrogens (tertiary/aromatic N) is 1. The Bertz CT molecular complexity index is 1320. The van der Waals surface area contributed by atoms with Crippen molar-refractivity contribution < 1.29 is 19.1 Å². The van der Waals surface area contributed by atoms with Crippen LogP contribution in [-0.4, -0.2) is 23.2 Å². The quantitative estimate of drug-likeness (QED) is 0.269. The fourth-order valence-corrected chi connectivity index (χ4v) is 5.18. The van der Waals surface area contributed by atoms with Gasteiger partial charge in [0.15, 0.2) is 11.5 Å². The van der Waals surface area contributed by atoms with Gasteiger partial charge in [0.1, 0.15) is 6.61 Å². The zero-order chi connectivity index (χ0) is 25.1. The highest BCUT2D eigenvalue weighted by atomic mass is 35.5. The number of carbonyl (C=O) groups is 2. The standard InChI is InChI=1S/C25H17Cl4NO4S/c1-33-21-10-14(9-20(29)23(21)34-13-15-5-2-3-6-17(15)26)11-22-24(31)30(25(32)35-22)12-16-18(27)7-4-8-19(16)28/h2-11H,12-13H2,1H3/b22-11-. The summed E-state index contributed by atoms with van der Waals surface area (Å²) in [6.45, 7) is 0.165. The molecule has 1 aliphatic heterocycles. The molecule has 1 fully saturated rings. The Kier molecular flexibility index (Phi) is 8.19. The normalized spacial score (nSPS) is 14.7. The summed E-state index contributed by atoms with van der Waals surface area (Å²) in [6, 6.07) is 15.6. The van der Waals surface area contributed by atoms with E-state index in [9.17, 15) is 9.59 Å². The maximum atomic E-state index is 13.0. The molecule has 0 unspecified atom stereocenters. The van der Waals surface area contributed by atoms with Gasteiger partial charge in [-0.05, 0) is 53.7 Å². The molecule has 3 aromatic carbocycles. The number of amides is 2. The first-order valence-corrected chi connectivity index (χ1v) is 12.5. The number of methoxy groups -OCH3 is 1. The molecule has 1 heterocycles. The molecule has 10 heteroatoms. The van der Waals surface area contributed by atoms with Gasteiger partial charge in [-0.3, -0.25) is 14.5 Å². The maximum Gasteiger partial charge on any atom is 0.293 e. The minimum Gasteiger partial charge on any atom is -0.493 e. The molecule has 1 aliphatic rings. The first kappa shape index (κ1) is 25.7. The van der Waals surface area contributed by atoms with E-state index in [0.717, 1.165) is 22.2 Å². The molecule has 0 N–H and O–H groups in total. The number of thioether (sulfide) groups is 1. The Morgan fingerprint density at radius 3 is 2.29 bits per heavy atom. The molecule has 4 rings (SSSR count). The van der Waals surface area contributed by atoms with Crippen LogP contribution in [-0.2, 0) is 17.9 Å². The van der Waals surface area contributed by atoms with Crippen molar-refractivity contribution in [1.82, 2.24) is 4.90 Å². The number of halogens is 4. The number of benzene rings is 3. The van der Waals surface area contributed by atoms with Gasteiger partial charge >= 0.3 is 0 Å². The Balaban J connectivity index is 1.56. The molecule has 0 atom stereocenters. The summed E-state index contributed by atoms with van der Waals surface area (Å²) in [6.07, 6.45) is 1.57. The van der Waals surface area contributed by atoms with E-state index in [1.54, 1.807) is 42.5 Å². The number of imide groups is 1. The lowest BCUT2D eigenvalue weighted by atomic mass is 10.1. The van der Waals surface area contributed by atoms with Gasteiger partial charge in [0.25, 0.3) is 11.1 Å². The third-order valence-corrected chi connectivity index (χ3v) is 7.40. The van der Waals surface area contributed by atoms with Gasteiger partial charge < -0.3 is 9.47 Å². The summed E-state index contributed by atoms with van der Waals surface area (Å²) in [5.41, 5.74) is 1.87. The van der Waals surface area contributed by atoms with E-state index in [-0.39, 0.29) is 23.1 Å². The van der Waals surface area contributed by atoms with Crippen molar-refractivity contribution in [1.29, 1.82) is 0 Å². The minimum absolute atomic E-state index is 0.0284. The molecule has 2 amide bonds. The van der Waals surface area contributed by atoms with Crippen LogP contribution in [0.3, 0.4) is 0 Å². The summed E-state index contributed by atoms with van der Waals surface area (Å²) < 4.78 is 11.3. The van der Waals surface area contributed by atoms with Crippen LogP contribution in [0.1, 0.15) is 16.7 Å². The van der Waals surface area contributed by atoms with E-state index < -0.39 is 11.1 Å². The first-order valence-electron chi connectivity index (χ1n) is 10.2. The molecule has 0 aliphatic carbocycles. The molecule has 35 heavy (non-hydrogen) atoms. The number of ether oxygens (including phenoxy) is 2. The summed E-state index contributed by atoms with van der Waals surface area (Å²) in [7, 11) is 1.49. The van der Waals surface area contributed by atoms with Crippen LogP contribution in [0.5, 0.6) is 11.5 Å². The van der Waals surface area contributed by atoms with Crippen molar-refractivity contribution in [3.05, 3.63) is 96.3 Å². The monoisotopic (exact) mass is 567 g/mol. The van der Waals surface area contributed by atoms with Gasteiger partial charge in [0.05, 0.1) is 23.6 Å². The molecule has 0 radical (unpaired) electrons. The van der Waals surface area contributed by atoms with Gasteiger partial charge in [-0.25, -0.2) is 0 Å². The lowest BCUT2D eigenvalue weighted by Crippen LogP contribution is -2.27. The minimum atomic E-state index is -0.454. The molecule has 0 aromatic heterocycles. The SMILES string of the molecule is COc1cc(/C=C2\SC(=O)N(Cc3c(Cl)cccc3Cl)C2=O)cc(Cl)c1OCc1ccccc1Cl. The third kappa shape index (κ3) is 5.74. The zero-order valence-corrected chi connectivity index (χ0v) is 22.0. The van der Waals surface area contributed by atoms with E-state index in [1.165, 1.54) is 7.11 Å². The molecule has 0 spiro atoms. The van der Waals surface area contributed by atoms with Gasteiger partial charge in [0.2, 0.25) is 0 Å². The molecular weight excluding hydrogens is 552 g/mol. The first-order chi connectivity index (χ1) is 16.8. The van der Waals surface area contributed by atoms with Crippen LogP contribution < -0.4 is 9.47 Å². The Labute approximate surface area is 226 Å². The highest BCUT2D eigenvalue weighted by Crippen LogP contribution is 2.40. The maximum absolute atomic E-state index is 13.0. The average molecular weight is 569 g/mol.